The normalized spacial score (nSPS) is 12.3. The van der Waals surface area contributed by atoms with E-state index in [0.717, 1.165) is 21.1 Å². The largest absolute Gasteiger partial charge is 0.255 e. The third-order valence-electron chi connectivity index (χ3n) is 2.26. The molecule has 2 aromatic rings. The van der Waals surface area contributed by atoms with Gasteiger partial charge in [-0.1, -0.05) is 15.9 Å². The summed E-state index contributed by atoms with van der Waals surface area (Å²) < 4.78 is 0.886. The van der Waals surface area contributed by atoms with Crippen molar-refractivity contribution in [2.24, 2.45) is 0 Å². The molecule has 2 heterocycles. The molecule has 0 bridgehead atoms. The van der Waals surface area contributed by atoms with Crippen LogP contribution < -0.4 is 0 Å². The van der Waals surface area contributed by atoms with Gasteiger partial charge in [-0.25, -0.2) is 0 Å². The quantitative estimate of drug-likeness (QED) is 0.787. The Hall–Kier alpha value is -0.990. The first-order valence-corrected chi connectivity index (χ1v) is 6.53. The van der Waals surface area contributed by atoms with Crippen LogP contribution in [-0.2, 0) is 0 Å². The molecule has 0 saturated heterocycles. The zero-order valence-electron chi connectivity index (χ0n) is 8.19. The van der Waals surface area contributed by atoms with Gasteiger partial charge < -0.3 is 0 Å². The maximum Gasteiger partial charge on any atom is 0.0933 e. The van der Waals surface area contributed by atoms with Crippen LogP contribution in [0, 0.1) is 11.3 Å². The van der Waals surface area contributed by atoms with Gasteiger partial charge in [-0.3, -0.25) is 9.97 Å². The SMILES string of the molecule is N#CC(CBr)c1ccnc2cc(Br)cnc12. The van der Waals surface area contributed by atoms with Gasteiger partial charge in [-0.15, -0.1) is 0 Å². The average molecular weight is 341 g/mol. The number of hydrogen-bond donors (Lipinski definition) is 0. The summed E-state index contributed by atoms with van der Waals surface area (Å²) in [7, 11) is 0. The molecule has 3 nitrogen and oxygen atoms in total. The second-order valence-corrected chi connectivity index (χ2v) is 4.82. The Morgan fingerprint density at radius 1 is 1.44 bits per heavy atom. The van der Waals surface area contributed by atoms with Crippen molar-refractivity contribution >= 4 is 42.9 Å². The molecule has 0 aliphatic heterocycles. The minimum atomic E-state index is -0.195. The third kappa shape index (κ3) is 2.08. The summed E-state index contributed by atoms with van der Waals surface area (Å²) in [5.41, 5.74) is 2.50. The maximum atomic E-state index is 9.06. The number of hydrogen-bond acceptors (Lipinski definition) is 3. The molecule has 0 radical (unpaired) electrons. The number of nitriles is 1. The van der Waals surface area contributed by atoms with Crippen molar-refractivity contribution in [3.63, 3.8) is 0 Å². The van der Waals surface area contributed by atoms with E-state index in [-0.39, 0.29) is 5.92 Å². The molecule has 2 rings (SSSR count). The number of fused-ring (bicyclic) bond motifs is 1. The predicted molar refractivity (Wildman–Crippen MR) is 69.4 cm³/mol. The monoisotopic (exact) mass is 339 g/mol. The molecule has 0 fully saturated rings. The van der Waals surface area contributed by atoms with Crippen LogP contribution in [-0.4, -0.2) is 15.3 Å². The van der Waals surface area contributed by atoms with Crippen LogP contribution >= 0.6 is 31.9 Å². The first kappa shape index (κ1) is 11.5. The van der Waals surface area contributed by atoms with Gasteiger partial charge in [0.1, 0.15) is 0 Å². The molecular formula is C11H7Br2N3. The molecule has 0 amide bonds. The van der Waals surface area contributed by atoms with Crippen LogP contribution in [0.1, 0.15) is 11.5 Å². The van der Waals surface area contributed by atoms with Gasteiger partial charge in [-0.2, -0.15) is 5.26 Å². The van der Waals surface area contributed by atoms with Gasteiger partial charge in [0.25, 0.3) is 0 Å². The smallest absolute Gasteiger partial charge is 0.0933 e. The number of aromatic nitrogens is 2. The minimum Gasteiger partial charge on any atom is -0.255 e. The standard InChI is InChI=1S/C11H7Br2N3/c12-4-7(5-14)9-1-2-15-10-3-8(13)6-16-11(9)10/h1-3,6-7H,4H2. The van der Waals surface area contributed by atoms with Gasteiger partial charge >= 0.3 is 0 Å². The highest BCUT2D eigenvalue weighted by atomic mass is 79.9. The highest BCUT2D eigenvalue weighted by Gasteiger charge is 2.13. The minimum absolute atomic E-state index is 0.195. The predicted octanol–water partition coefficient (Wildman–Crippen LogP) is 3.39. The van der Waals surface area contributed by atoms with E-state index in [1.165, 1.54) is 0 Å². The maximum absolute atomic E-state index is 9.06. The molecule has 0 saturated carbocycles. The van der Waals surface area contributed by atoms with Crippen molar-refractivity contribution in [3.05, 3.63) is 34.6 Å². The zero-order chi connectivity index (χ0) is 11.5. The van der Waals surface area contributed by atoms with Crippen molar-refractivity contribution in [1.82, 2.24) is 9.97 Å². The van der Waals surface area contributed by atoms with E-state index in [1.807, 2.05) is 12.1 Å². The molecule has 80 valence electrons. The van der Waals surface area contributed by atoms with Gasteiger partial charge in [-0.05, 0) is 33.6 Å². The van der Waals surface area contributed by atoms with Crippen LogP contribution in [0.5, 0.6) is 0 Å². The lowest BCUT2D eigenvalue weighted by molar-refractivity contribution is 1.01. The molecular weight excluding hydrogens is 334 g/mol. The topological polar surface area (TPSA) is 49.6 Å². The lowest BCUT2D eigenvalue weighted by atomic mass is 10.0. The van der Waals surface area contributed by atoms with Crippen molar-refractivity contribution in [3.8, 4) is 6.07 Å². The van der Waals surface area contributed by atoms with Crippen LogP contribution in [0.15, 0.2) is 29.0 Å². The molecule has 5 heteroatoms. The Bertz CT molecular complexity index is 563. The summed E-state index contributed by atoms with van der Waals surface area (Å²) >= 11 is 6.68. The number of nitrogens with zero attached hydrogens (tertiary/aromatic N) is 3. The molecule has 2 aromatic heterocycles. The molecule has 16 heavy (non-hydrogen) atoms. The molecule has 0 spiro atoms. The van der Waals surface area contributed by atoms with E-state index in [2.05, 4.69) is 47.9 Å². The molecule has 0 aliphatic rings. The highest BCUT2D eigenvalue weighted by Crippen LogP contribution is 2.25. The van der Waals surface area contributed by atoms with Crippen LogP contribution in [0.25, 0.3) is 11.0 Å². The lowest BCUT2D eigenvalue weighted by Gasteiger charge is -2.08. The first-order valence-electron chi connectivity index (χ1n) is 4.62. The van der Waals surface area contributed by atoms with Crippen molar-refractivity contribution < 1.29 is 0 Å². The summed E-state index contributed by atoms with van der Waals surface area (Å²) in [6, 6.07) is 5.99. The van der Waals surface area contributed by atoms with Gasteiger partial charge in [0.05, 0.1) is 23.0 Å². The van der Waals surface area contributed by atoms with Crippen molar-refractivity contribution in [2.75, 3.05) is 5.33 Å². The van der Waals surface area contributed by atoms with Gasteiger partial charge in [0.2, 0.25) is 0 Å². The molecule has 0 aromatic carbocycles. The summed E-state index contributed by atoms with van der Waals surface area (Å²) in [4.78, 5) is 8.55. The van der Waals surface area contributed by atoms with Crippen molar-refractivity contribution in [1.29, 1.82) is 5.26 Å². The number of halogens is 2. The van der Waals surface area contributed by atoms with Crippen LogP contribution in [0.3, 0.4) is 0 Å². The first-order chi connectivity index (χ1) is 7.76. The van der Waals surface area contributed by atoms with Crippen molar-refractivity contribution in [2.45, 2.75) is 5.92 Å². The Kier molecular flexibility index (Phi) is 3.52. The Morgan fingerprint density at radius 2 is 2.25 bits per heavy atom. The lowest BCUT2D eigenvalue weighted by Crippen LogP contribution is -2.00. The Labute approximate surface area is 110 Å². The summed E-state index contributed by atoms with van der Waals surface area (Å²) in [6.07, 6.45) is 3.43. The Morgan fingerprint density at radius 3 is 2.94 bits per heavy atom. The third-order valence-corrected chi connectivity index (χ3v) is 3.34. The zero-order valence-corrected chi connectivity index (χ0v) is 11.4. The number of rotatable bonds is 2. The summed E-state index contributed by atoms with van der Waals surface area (Å²) in [5, 5.41) is 9.65. The van der Waals surface area contributed by atoms with E-state index in [1.54, 1.807) is 12.4 Å². The molecule has 0 aliphatic carbocycles. The fourth-order valence-electron chi connectivity index (χ4n) is 1.49. The second-order valence-electron chi connectivity index (χ2n) is 3.26. The molecule has 0 N–H and O–H groups in total. The molecule has 1 atom stereocenters. The van der Waals surface area contributed by atoms with Gasteiger partial charge in [0, 0.05) is 22.2 Å². The van der Waals surface area contributed by atoms with E-state index in [4.69, 9.17) is 5.26 Å². The summed E-state index contributed by atoms with van der Waals surface area (Å²) in [6.45, 7) is 0. The average Bonchev–Trinajstić information content (AvgIpc) is 2.30. The summed E-state index contributed by atoms with van der Waals surface area (Å²) in [5.74, 6) is -0.195. The van der Waals surface area contributed by atoms with E-state index in [0.29, 0.717) is 5.33 Å². The number of pyridine rings is 2. The molecule has 1 unspecified atom stereocenters. The fraction of sp³-hybridized carbons (Fsp3) is 0.182. The number of alkyl halides is 1. The van der Waals surface area contributed by atoms with E-state index < -0.39 is 0 Å². The highest BCUT2D eigenvalue weighted by molar-refractivity contribution is 9.10. The van der Waals surface area contributed by atoms with E-state index in [9.17, 15) is 0 Å². The van der Waals surface area contributed by atoms with Gasteiger partial charge in [0.15, 0.2) is 0 Å². The Balaban J connectivity index is 2.67. The second kappa shape index (κ2) is 4.89. The fourth-order valence-corrected chi connectivity index (χ4v) is 2.31. The van der Waals surface area contributed by atoms with E-state index >= 15 is 0 Å². The van der Waals surface area contributed by atoms with Crippen LogP contribution in [0.4, 0.5) is 0 Å². The van der Waals surface area contributed by atoms with Crippen LogP contribution in [0.2, 0.25) is 0 Å².